The Bertz CT molecular complexity index is 1200. The van der Waals surface area contributed by atoms with E-state index in [-0.39, 0.29) is 5.91 Å². The van der Waals surface area contributed by atoms with Crippen LogP contribution in [0, 0.1) is 6.92 Å². The minimum Gasteiger partial charge on any atom is -0.358 e. The van der Waals surface area contributed by atoms with E-state index in [1.165, 1.54) is 34.1 Å². The summed E-state index contributed by atoms with van der Waals surface area (Å²) in [6.07, 6.45) is 10.3. The molecule has 0 saturated carbocycles. The standard InChI is InChI=1S/C25H28N6O/c1-18-6-7-22-21(14-18)24(19-8-10-26-11-9-19)25(29-22)20-4-2-12-30(15-20)23(32)5-3-13-31-17-27-16-28-31/h6-11,14,16-17,20,29H,2-5,12-13,15H2,1H3/t20-/m1/s1. The molecule has 1 aromatic carbocycles. The lowest BCUT2D eigenvalue weighted by atomic mass is 9.89. The Morgan fingerprint density at radius 3 is 2.88 bits per heavy atom. The molecule has 1 aliphatic heterocycles. The Balaban J connectivity index is 1.38. The molecule has 7 heteroatoms. The maximum Gasteiger partial charge on any atom is 0.222 e. The lowest BCUT2D eigenvalue weighted by Crippen LogP contribution is -2.39. The predicted octanol–water partition coefficient (Wildman–Crippen LogP) is 4.32. The number of aromatic nitrogens is 5. The summed E-state index contributed by atoms with van der Waals surface area (Å²) in [5.74, 6) is 0.520. The molecule has 1 saturated heterocycles. The first-order valence-electron chi connectivity index (χ1n) is 11.3. The normalized spacial score (nSPS) is 16.5. The van der Waals surface area contributed by atoms with E-state index in [0.29, 0.717) is 12.3 Å². The largest absolute Gasteiger partial charge is 0.358 e. The first-order valence-corrected chi connectivity index (χ1v) is 11.3. The van der Waals surface area contributed by atoms with Crippen LogP contribution < -0.4 is 0 Å². The molecule has 7 nitrogen and oxygen atoms in total. The van der Waals surface area contributed by atoms with Crippen molar-refractivity contribution in [3.8, 4) is 11.1 Å². The van der Waals surface area contributed by atoms with Gasteiger partial charge in [-0.2, -0.15) is 5.10 Å². The van der Waals surface area contributed by atoms with Crippen LogP contribution in [-0.4, -0.2) is 48.6 Å². The molecule has 1 amide bonds. The van der Waals surface area contributed by atoms with Gasteiger partial charge in [0.1, 0.15) is 12.7 Å². The number of piperidine rings is 1. The third-order valence-electron chi connectivity index (χ3n) is 6.38. The van der Waals surface area contributed by atoms with Crippen molar-refractivity contribution in [3.05, 3.63) is 66.6 Å². The minimum atomic E-state index is 0.229. The van der Waals surface area contributed by atoms with Gasteiger partial charge >= 0.3 is 0 Å². The quantitative estimate of drug-likeness (QED) is 0.496. The van der Waals surface area contributed by atoms with Gasteiger partial charge in [0.15, 0.2) is 0 Å². The number of carbonyl (C=O) groups is 1. The second-order valence-corrected chi connectivity index (χ2v) is 8.64. The number of likely N-dealkylation sites (tertiary alicyclic amines) is 1. The van der Waals surface area contributed by atoms with Gasteiger partial charge in [0, 0.05) is 66.5 Å². The zero-order valence-electron chi connectivity index (χ0n) is 18.4. The Morgan fingerprint density at radius 2 is 2.06 bits per heavy atom. The molecule has 3 aromatic heterocycles. The number of nitrogens with one attached hydrogen (secondary N) is 1. The topological polar surface area (TPSA) is 79.7 Å². The van der Waals surface area contributed by atoms with Gasteiger partial charge in [0.2, 0.25) is 5.91 Å². The fraction of sp³-hybridized carbons (Fsp3) is 0.360. The number of aryl methyl sites for hydroxylation is 2. The highest BCUT2D eigenvalue weighted by molar-refractivity contribution is 5.98. The highest BCUT2D eigenvalue weighted by Crippen LogP contribution is 2.39. The molecule has 0 spiro atoms. The van der Waals surface area contributed by atoms with Crippen molar-refractivity contribution >= 4 is 16.8 Å². The molecule has 0 bridgehead atoms. The third-order valence-corrected chi connectivity index (χ3v) is 6.38. The number of amides is 1. The van der Waals surface area contributed by atoms with E-state index in [1.54, 1.807) is 11.0 Å². The molecule has 0 unspecified atom stereocenters. The van der Waals surface area contributed by atoms with Crippen molar-refractivity contribution in [3.63, 3.8) is 0 Å². The van der Waals surface area contributed by atoms with Crippen LogP contribution in [-0.2, 0) is 11.3 Å². The summed E-state index contributed by atoms with van der Waals surface area (Å²) >= 11 is 0. The Labute approximate surface area is 187 Å². The van der Waals surface area contributed by atoms with Crippen LogP contribution in [0.3, 0.4) is 0 Å². The van der Waals surface area contributed by atoms with Crippen LogP contribution in [0.15, 0.2) is 55.4 Å². The maximum absolute atomic E-state index is 12.9. The zero-order chi connectivity index (χ0) is 21.9. The number of fused-ring (bicyclic) bond motifs is 1. The molecule has 0 radical (unpaired) electrons. The van der Waals surface area contributed by atoms with E-state index >= 15 is 0 Å². The highest BCUT2D eigenvalue weighted by Gasteiger charge is 2.28. The number of hydrogen-bond acceptors (Lipinski definition) is 4. The van der Waals surface area contributed by atoms with E-state index in [2.05, 4.69) is 57.3 Å². The van der Waals surface area contributed by atoms with Crippen molar-refractivity contribution in [1.29, 1.82) is 0 Å². The van der Waals surface area contributed by atoms with Gasteiger partial charge in [-0.25, -0.2) is 4.98 Å². The average Bonchev–Trinajstić information content (AvgIpc) is 3.47. The molecular formula is C25H28N6O. The maximum atomic E-state index is 12.9. The van der Waals surface area contributed by atoms with Crippen molar-refractivity contribution in [2.45, 2.75) is 45.1 Å². The van der Waals surface area contributed by atoms with E-state index in [9.17, 15) is 4.79 Å². The number of benzene rings is 1. The van der Waals surface area contributed by atoms with Gasteiger partial charge in [0.05, 0.1) is 0 Å². The summed E-state index contributed by atoms with van der Waals surface area (Å²) in [5, 5.41) is 5.35. The first kappa shape index (κ1) is 20.4. The number of aromatic amines is 1. The van der Waals surface area contributed by atoms with Crippen LogP contribution in [0.1, 0.15) is 42.9 Å². The molecule has 5 rings (SSSR count). The molecule has 1 atom stereocenters. The molecule has 164 valence electrons. The van der Waals surface area contributed by atoms with Gasteiger partial charge in [-0.05, 0) is 56.0 Å². The number of rotatable bonds is 6. The van der Waals surface area contributed by atoms with Gasteiger partial charge in [0.25, 0.3) is 0 Å². The highest BCUT2D eigenvalue weighted by atomic mass is 16.2. The van der Waals surface area contributed by atoms with Crippen LogP contribution in [0.4, 0.5) is 0 Å². The number of pyridine rings is 1. The monoisotopic (exact) mass is 428 g/mol. The Morgan fingerprint density at radius 1 is 1.19 bits per heavy atom. The van der Waals surface area contributed by atoms with E-state index < -0.39 is 0 Å². The molecule has 4 heterocycles. The summed E-state index contributed by atoms with van der Waals surface area (Å²) < 4.78 is 1.78. The smallest absolute Gasteiger partial charge is 0.222 e. The van der Waals surface area contributed by atoms with Crippen LogP contribution in [0.25, 0.3) is 22.0 Å². The Kier molecular flexibility index (Phi) is 5.71. The molecular weight excluding hydrogens is 400 g/mol. The number of carbonyl (C=O) groups excluding carboxylic acids is 1. The summed E-state index contributed by atoms with van der Waals surface area (Å²) in [6, 6.07) is 10.7. The lowest BCUT2D eigenvalue weighted by Gasteiger charge is -2.33. The summed E-state index contributed by atoms with van der Waals surface area (Å²) in [7, 11) is 0. The molecule has 0 aliphatic carbocycles. The minimum absolute atomic E-state index is 0.229. The lowest BCUT2D eigenvalue weighted by molar-refractivity contribution is -0.132. The van der Waals surface area contributed by atoms with Gasteiger partial charge in [-0.1, -0.05) is 11.6 Å². The zero-order valence-corrected chi connectivity index (χ0v) is 18.4. The summed E-state index contributed by atoms with van der Waals surface area (Å²) in [5.41, 5.74) is 6.04. The number of H-pyrrole nitrogens is 1. The van der Waals surface area contributed by atoms with E-state index in [4.69, 9.17) is 0 Å². The Hall–Kier alpha value is -3.48. The first-order chi connectivity index (χ1) is 15.7. The van der Waals surface area contributed by atoms with Crippen molar-refractivity contribution in [1.82, 2.24) is 29.6 Å². The number of hydrogen-bond donors (Lipinski definition) is 1. The third kappa shape index (κ3) is 4.15. The van der Waals surface area contributed by atoms with E-state index in [0.717, 1.165) is 44.4 Å². The fourth-order valence-electron chi connectivity index (χ4n) is 4.80. The SMILES string of the molecule is Cc1ccc2[nH]c([C@@H]3CCCN(C(=O)CCCn4cncn4)C3)c(-c3ccncc3)c2c1. The van der Waals surface area contributed by atoms with E-state index in [1.807, 2.05) is 17.3 Å². The summed E-state index contributed by atoms with van der Waals surface area (Å²) in [6.45, 7) is 4.44. The average molecular weight is 429 g/mol. The second kappa shape index (κ2) is 8.94. The second-order valence-electron chi connectivity index (χ2n) is 8.64. The predicted molar refractivity (Wildman–Crippen MR) is 124 cm³/mol. The van der Waals surface area contributed by atoms with Crippen LogP contribution >= 0.6 is 0 Å². The van der Waals surface area contributed by atoms with Crippen molar-refractivity contribution < 1.29 is 4.79 Å². The summed E-state index contributed by atoms with van der Waals surface area (Å²) in [4.78, 5) is 26.8. The van der Waals surface area contributed by atoms with Crippen LogP contribution in [0.5, 0.6) is 0 Å². The van der Waals surface area contributed by atoms with Gasteiger partial charge in [-0.15, -0.1) is 0 Å². The van der Waals surface area contributed by atoms with Gasteiger partial charge < -0.3 is 9.88 Å². The number of nitrogens with zero attached hydrogens (tertiary/aromatic N) is 5. The molecule has 1 fully saturated rings. The molecule has 1 aliphatic rings. The molecule has 1 N–H and O–H groups in total. The fourth-order valence-corrected chi connectivity index (χ4v) is 4.80. The molecule has 32 heavy (non-hydrogen) atoms. The van der Waals surface area contributed by atoms with Crippen molar-refractivity contribution in [2.75, 3.05) is 13.1 Å². The van der Waals surface area contributed by atoms with Crippen molar-refractivity contribution in [2.24, 2.45) is 0 Å². The van der Waals surface area contributed by atoms with Crippen LogP contribution in [0.2, 0.25) is 0 Å². The molecule has 4 aromatic rings. The van der Waals surface area contributed by atoms with Gasteiger partial charge in [-0.3, -0.25) is 14.5 Å².